The van der Waals surface area contributed by atoms with Crippen molar-refractivity contribution in [2.75, 3.05) is 32.8 Å². The maximum atomic E-state index is 13.6. The Bertz CT molecular complexity index is 606. The average molecular weight is 320 g/mol. The number of halogens is 1. The minimum atomic E-state index is -0.372. The SMILES string of the molecule is Cc1ccc(C(=O)N2CCN(C(=O)C3CCCO3)CC2)cc1F. The number of amides is 2. The fourth-order valence-electron chi connectivity index (χ4n) is 3.01. The first-order chi connectivity index (χ1) is 11.1. The zero-order valence-corrected chi connectivity index (χ0v) is 13.3. The summed E-state index contributed by atoms with van der Waals surface area (Å²) in [6.07, 6.45) is 1.39. The Labute approximate surface area is 135 Å². The summed E-state index contributed by atoms with van der Waals surface area (Å²) >= 11 is 0. The molecule has 5 nitrogen and oxygen atoms in total. The molecule has 0 aromatic heterocycles. The van der Waals surface area contributed by atoms with Gasteiger partial charge in [-0.15, -0.1) is 0 Å². The van der Waals surface area contributed by atoms with Crippen molar-refractivity contribution >= 4 is 11.8 Å². The van der Waals surface area contributed by atoms with Crippen molar-refractivity contribution in [1.82, 2.24) is 9.80 Å². The first-order valence-electron chi connectivity index (χ1n) is 8.02. The summed E-state index contributed by atoms with van der Waals surface area (Å²) in [6.45, 7) is 4.24. The van der Waals surface area contributed by atoms with Gasteiger partial charge in [-0.25, -0.2) is 4.39 Å². The van der Waals surface area contributed by atoms with E-state index in [1.807, 2.05) is 0 Å². The number of hydrogen-bond donors (Lipinski definition) is 0. The molecule has 1 atom stereocenters. The molecule has 0 aliphatic carbocycles. The lowest BCUT2D eigenvalue weighted by Crippen LogP contribution is -2.52. The van der Waals surface area contributed by atoms with Gasteiger partial charge in [0, 0.05) is 38.3 Å². The standard InChI is InChI=1S/C17H21FN2O3/c1-12-4-5-13(11-14(12)18)16(21)19-6-8-20(9-7-19)17(22)15-3-2-10-23-15/h4-5,11,15H,2-3,6-10H2,1H3. The molecule has 6 heteroatoms. The average Bonchev–Trinajstić information content (AvgIpc) is 3.11. The Morgan fingerprint density at radius 3 is 2.48 bits per heavy atom. The van der Waals surface area contributed by atoms with Gasteiger partial charge in [0.2, 0.25) is 0 Å². The van der Waals surface area contributed by atoms with Crippen LogP contribution in [-0.4, -0.2) is 60.5 Å². The van der Waals surface area contributed by atoms with E-state index in [-0.39, 0.29) is 23.7 Å². The van der Waals surface area contributed by atoms with Gasteiger partial charge in [0.1, 0.15) is 11.9 Å². The highest BCUT2D eigenvalue weighted by Gasteiger charge is 2.31. The van der Waals surface area contributed by atoms with Gasteiger partial charge in [0.25, 0.3) is 11.8 Å². The zero-order chi connectivity index (χ0) is 16.4. The Balaban J connectivity index is 1.58. The third kappa shape index (κ3) is 3.37. The van der Waals surface area contributed by atoms with Gasteiger partial charge in [-0.2, -0.15) is 0 Å². The van der Waals surface area contributed by atoms with Crippen molar-refractivity contribution in [3.05, 3.63) is 35.1 Å². The molecule has 1 aromatic rings. The molecule has 0 bridgehead atoms. The van der Waals surface area contributed by atoms with E-state index in [0.717, 1.165) is 12.8 Å². The fraction of sp³-hybridized carbons (Fsp3) is 0.529. The van der Waals surface area contributed by atoms with Gasteiger partial charge in [0.15, 0.2) is 0 Å². The van der Waals surface area contributed by atoms with E-state index < -0.39 is 0 Å². The lowest BCUT2D eigenvalue weighted by Gasteiger charge is -2.35. The molecule has 1 unspecified atom stereocenters. The number of rotatable bonds is 2. The predicted molar refractivity (Wildman–Crippen MR) is 82.6 cm³/mol. The molecule has 2 heterocycles. The summed E-state index contributed by atoms with van der Waals surface area (Å²) in [5.74, 6) is -0.535. The number of hydrogen-bond acceptors (Lipinski definition) is 3. The minimum Gasteiger partial charge on any atom is -0.368 e. The smallest absolute Gasteiger partial charge is 0.254 e. The van der Waals surface area contributed by atoms with E-state index >= 15 is 0 Å². The molecule has 2 aliphatic heterocycles. The largest absolute Gasteiger partial charge is 0.368 e. The number of nitrogens with zero attached hydrogens (tertiary/aromatic N) is 2. The third-order valence-electron chi connectivity index (χ3n) is 4.50. The number of ether oxygens (including phenoxy) is 1. The highest BCUT2D eigenvalue weighted by molar-refractivity contribution is 5.94. The summed E-state index contributed by atoms with van der Waals surface area (Å²) in [5.41, 5.74) is 0.875. The number of aryl methyl sites for hydroxylation is 1. The number of carbonyl (C=O) groups excluding carboxylic acids is 2. The van der Waals surface area contributed by atoms with Gasteiger partial charge in [0.05, 0.1) is 0 Å². The van der Waals surface area contributed by atoms with Crippen molar-refractivity contribution in [3.8, 4) is 0 Å². The van der Waals surface area contributed by atoms with Crippen LogP contribution in [-0.2, 0) is 9.53 Å². The zero-order valence-electron chi connectivity index (χ0n) is 13.3. The Morgan fingerprint density at radius 2 is 1.87 bits per heavy atom. The van der Waals surface area contributed by atoms with Crippen LogP contribution in [0.15, 0.2) is 18.2 Å². The molecule has 0 N–H and O–H groups in total. The molecule has 23 heavy (non-hydrogen) atoms. The van der Waals surface area contributed by atoms with E-state index in [0.29, 0.717) is 43.9 Å². The molecular weight excluding hydrogens is 299 g/mol. The van der Waals surface area contributed by atoms with E-state index in [9.17, 15) is 14.0 Å². The van der Waals surface area contributed by atoms with Crippen LogP contribution in [0.3, 0.4) is 0 Å². The van der Waals surface area contributed by atoms with Crippen molar-refractivity contribution < 1.29 is 18.7 Å². The van der Waals surface area contributed by atoms with Crippen LogP contribution in [0.1, 0.15) is 28.8 Å². The molecule has 2 aliphatic rings. The number of carbonyl (C=O) groups is 2. The van der Waals surface area contributed by atoms with Gasteiger partial charge in [-0.05, 0) is 37.5 Å². The first kappa shape index (κ1) is 15.9. The highest BCUT2D eigenvalue weighted by Crippen LogP contribution is 2.17. The molecule has 2 saturated heterocycles. The van der Waals surface area contributed by atoms with Crippen molar-refractivity contribution in [2.24, 2.45) is 0 Å². The maximum Gasteiger partial charge on any atom is 0.254 e. The predicted octanol–water partition coefficient (Wildman–Crippen LogP) is 1.60. The molecule has 2 fully saturated rings. The van der Waals surface area contributed by atoms with Gasteiger partial charge in [-0.1, -0.05) is 6.07 Å². The van der Waals surface area contributed by atoms with Crippen molar-refractivity contribution in [3.63, 3.8) is 0 Å². The second kappa shape index (κ2) is 6.66. The van der Waals surface area contributed by atoms with Crippen LogP contribution in [0.5, 0.6) is 0 Å². The monoisotopic (exact) mass is 320 g/mol. The van der Waals surface area contributed by atoms with Crippen molar-refractivity contribution in [1.29, 1.82) is 0 Å². The van der Waals surface area contributed by atoms with Crippen molar-refractivity contribution in [2.45, 2.75) is 25.9 Å². The Morgan fingerprint density at radius 1 is 1.17 bits per heavy atom. The van der Waals surface area contributed by atoms with Gasteiger partial charge >= 0.3 is 0 Å². The second-order valence-electron chi connectivity index (χ2n) is 6.08. The maximum absolute atomic E-state index is 13.6. The lowest BCUT2D eigenvalue weighted by atomic mass is 10.1. The summed E-state index contributed by atoms with van der Waals surface area (Å²) < 4.78 is 19.0. The third-order valence-corrected chi connectivity index (χ3v) is 4.50. The fourth-order valence-corrected chi connectivity index (χ4v) is 3.01. The topological polar surface area (TPSA) is 49.9 Å². The Hall–Kier alpha value is -1.95. The number of piperazine rings is 1. The molecule has 124 valence electrons. The van der Waals surface area contributed by atoms with Crippen LogP contribution >= 0.6 is 0 Å². The van der Waals surface area contributed by atoms with Gasteiger partial charge < -0.3 is 14.5 Å². The molecule has 0 radical (unpaired) electrons. The van der Waals surface area contributed by atoms with E-state index in [4.69, 9.17) is 4.74 Å². The Kier molecular flexibility index (Phi) is 4.61. The van der Waals surface area contributed by atoms with Crippen LogP contribution < -0.4 is 0 Å². The molecule has 1 aromatic carbocycles. The molecular formula is C17H21FN2O3. The quantitative estimate of drug-likeness (QED) is 0.832. The van der Waals surface area contributed by atoms with Crippen LogP contribution in [0, 0.1) is 12.7 Å². The van der Waals surface area contributed by atoms with E-state index in [1.54, 1.807) is 28.9 Å². The normalized spacial score (nSPS) is 21.6. The van der Waals surface area contributed by atoms with E-state index in [1.165, 1.54) is 6.07 Å². The van der Waals surface area contributed by atoms with Crippen LogP contribution in [0.2, 0.25) is 0 Å². The summed E-state index contributed by atoms with van der Waals surface area (Å²) in [6, 6.07) is 4.53. The van der Waals surface area contributed by atoms with Gasteiger partial charge in [-0.3, -0.25) is 9.59 Å². The second-order valence-corrected chi connectivity index (χ2v) is 6.08. The summed E-state index contributed by atoms with van der Waals surface area (Å²) in [7, 11) is 0. The summed E-state index contributed by atoms with van der Waals surface area (Å²) in [5, 5.41) is 0. The van der Waals surface area contributed by atoms with Crippen LogP contribution in [0.4, 0.5) is 4.39 Å². The molecule has 2 amide bonds. The first-order valence-corrected chi connectivity index (χ1v) is 8.02. The molecule has 3 rings (SSSR count). The van der Waals surface area contributed by atoms with Crippen LogP contribution in [0.25, 0.3) is 0 Å². The number of benzene rings is 1. The molecule has 0 saturated carbocycles. The highest BCUT2D eigenvalue weighted by atomic mass is 19.1. The lowest BCUT2D eigenvalue weighted by molar-refractivity contribution is -0.142. The van der Waals surface area contributed by atoms with E-state index in [2.05, 4.69) is 0 Å². The summed E-state index contributed by atoms with van der Waals surface area (Å²) in [4.78, 5) is 28.1. The molecule has 0 spiro atoms. The minimum absolute atomic E-state index is 0.0241.